The maximum atomic E-state index is 13.2. The lowest BCUT2D eigenvalue weighted by molar-refractivity contribution is -0.138. The Bertz CT molecular complexity index is 995. The predicted molar refractivity (Wildman–Crippen MR) is 111 cm³/mol. The summed E-state index contributed by atoms with van der Waals surface area (Å²) in [6, 6.07) is 10.6. The van der Waals surface area contributed by atoms with Crippen molar-refractivity contribution in [2.75, 3.05) is 12.4 Å². The summed E-state index contributed by atoms with van der Waals surface area (Å²) in [7, 11) is 1.54. The van der Waals surface area contributed by atoms with Crippen molar-refractivity contribution in [3.8, 4) is 5.75 Å². The van der Waals surface area contributed by atoms with Gasteiger partial charge in [-0.2, -0.15) is 0 Å². The Balaban J connectivity index is 2.19. The van der Waals surface area contributed by atoms with Gasteiger partial charge in [0.1, 0.15) is 11.4 Å². The van der Waals surface area contributed by atoms with Gasteiger partial charge in [-0.1, -0.05) is 35.4 Å². The lowest BCUT2D eigenvalue weighted by Crippen LogP contribution is -2.38. The number of ether oxygens (including phenoxy) is 1. The molecule has 0 saturated heterocycles. The zero-order valence-electron chi connectivity index (χ0n) is 16.6. The molecular weight excluding hydrogens is 376 g/mol. The van der Waals surface area contributed by atoms with Gasteiger partial charge in [0.15, 0.2) is 0 Å². The molecule has 28 heavy (non-hydrogen) atoms. The van der Waals surface area contributed by atoms with Crippen molar-refractivity contribution in [2.45, 2.75) is 33.7 Å². The van der Waals surface area contributed by atoms with Crippen LogP contribution in [0.3, 0.4) is 0 Å². The zero-order valence-corrected chi connectivity index (χ0v) is 17.3. The standard InChI is InChI=1S/C22H23ClN2O3/c1-12(2)25-21(26)19(16-8-6-13(3)10-14(16)4)20(22(25)27)24-17-11-15(23)7-9-18(17)28-5/h6-12,24H,1-5H3. The average Bonchev–Trinajstić information content (AvgIpc) is 2.86. The van der Waals surface area contributed by atoms with Gasteiger partial charge in [0.05, 0.1) is 18.4 Å². The highest BCUT2D eigenvalue weighted by Gasteiger charge is 2.41. The lowest BCUT2D eigenvalue weighted by atomic mass is 9.97. The number of anilines is 1. The molecule has 0 unspecified atom stereocenters. The van der Waals surface area contributed by atoms with Crippen LogP contribution in [-0.2, 0) is 9.59 Å². The van der Waals surface area contributed by atoms with Crippen LogP contribution in [0.4, 0.5) is 5.69 Å². The van der Waals surface area contributed by atoms with E-state index in [4.69, 9.17) is 16.3 Å². The van der Waals surface area contributed by atoms with Gasteiger partial charge in [0.25, 0.3) is 11.8 Å². The molecule has 5 nitrogen and oxygen atoms in total. The molecule has 1 aliphatic heterocycles. The first-order chi connectivity index (χ1) is 13.2. The summed E-state index contributed by atoms with van der Waals surface area (Å²) in [4.78, 5) is 27.6. The summed E-state index contributed by atoms with van der Waals surface area (Å²) in [5.41, 5.74) is 3.86. The van der Waals surface area contributed by atoms with Gasteiger partial charge in [-0.3, -0.25) is 14.5 Å². The molecule has 2 aromatic rings. The van der Waals surface area contributed by atoms with Crippen molar-refractivity contribution in [3.63, 3.8) is 0 Å². The summed E-state index contributed by atoms with van der Waals surface area (Å²) in [6.07, 6.45) is 0. The largest absolute Gasteiger partial charge is 0.495 e. The minimum Gasteiger partial charge on any atom is -0.495 e. The maximum absolute atomic E-state index is 13.2. The van der Waals surface area contributed by atoms with Crippen molar-refractivity contribution in [1.82, 2.24) is 4.90 Å². The topological polar surface area (TPSA) is 58.6 Å². The van der Waals surface area contributed by atoms with Gasteiger partial charge in [0.2, 0.25) is 0 Å². The third kappa shape index (κ3) is 3.50. The molecule has 1 N–H and O–H groups in total. The van der Waals surface area contributed by atoms with E-state index in [1.54, 1.807) is 18.2 Å². The third-order valence-corrected chi connectivity index (χ3v) is 4.94. The molecule has 2 aromatic carbocycles. The highest BCUT2D eigenvalue weighted by Crippen LogP contribution is 2.36. The van der Waals surface area contributed by atoms with E-state index in [0.717, 1.165) is 16.7 Å². The normalized spacial score (nSPS) is 14.3. The molecule has 0 saturated carbocycles. The third-order valence-electron chi connectivity index (χ3n) is 4.70. The maximum Gasteiger partial charge on any atom is 0.278 e. The van der Waals surface area contributed by atoms with Crippen LogP contribution in [0.25, 0.3) is 5.57 Å². The van der Waals surface area contributed by atoms with Crippen molar-refractivity contribution >= 4 is 34.7 Å². The first-order valence-corrected chi connectivity index (χ1v) is 9.42. The number of amides is 2. The van der Waals surface area contributed by atoms with Crippen LogP contribution in [0.15, 0.2) is 42.1 Å². The van der Waals surface area contributed by atoms with E-state index in [1.165, 1.54) is 12.0 Å². The molecule has 0 bridgehead atoms. The van der Waals surface area contributed by atoms with Crippen LogP contribution in [0.2, 0.25) is 5.02 Å². The fourth-order valence-corrected chi connectivity index (χ4v) is 3.56. The smallest absolute Gasteiger partial charge is 0.278 e. The molecule has 0 aromatic heterocycles. The monoisotopic (exact) mass is 398 g/mol. The van der Waals surface area contributed by atoms with E-state index < -0.39 is 0 Å². The van der Waals surface area contributed by atoms with Crippen LogP contribution in [0, 0.1) is 13.8 Å². The van der Waals surface area contributed by atoms with Crippen LogP contribution in [-0.4, -0.2) is 29.9 Å². The van der Waals surface area contributed by atoms with Crippen molar-refractivity contribution in [1.29, 1.82) is 0 Å². The Morgan fingerprint density at radius 2 is 1.75 bits per heavy atom. The van der Waals surface area contributed by atoms with E-state index in [0.29, 0.717) is 22.0 Å². The Hall–Kier alpha value is -2.79. The second-order valence-electron chi connectivity index (χ2n) is 7.11. The Labute approximate surface area is 169 Å². The molecule has 6 heteroatoms. The molecule has 0 radical (unpaired) electrons. The minimum absolute atomic E-state index is 0.228. The van der Waals surface area contributed by atoms with E-state index in [9.17, 15) is 9.59 Å². The fourth-order valence-electron chi connectivity index (χ4n) is 3.39. The van der Waals surface area contributed by atoms with E-state index in [1.807, 2.05) is 45.9 Å². The Morgan fingerprint density at radius 3 is 2.36 bits per heavy atom. The number of rotatable bonds is 5. The van der Waals surface area contributed by atoms with Crippen LogP contribution in [0.5, 0.6) is 5.75 Å². The molecule has 1 aliphatic rings. The minimum atomic E-state index is -0.364. The summed E-state index contributed by atoms with van der Waals surface area (Å²) in [5, 5.41) is 3.61. The van der Waals surface area contributed by atoms with Crippen LogP contribution < -0.4 is 10.1 Å². The van der Waals surface area contributed by atoms with Crippen molar-refractivity contribution < 1.29 is 14.3 Å². The molecule has 0 atom stereocenters. The van der Waals surface area contributed by atoms with Gasteiger partial charge in [0, 0.05) is 11.1 Å². The average molecular weight is 399 g/mol. The van der Waals surface area contributed by atoms with E-state index >= 15 is 0 Å². The fraction of sp³-hybridized carbons (Fsp3) is 0.273. The number of aryl methyl sites for hydroxylation is 2. The lowest BCUT2D eigenvalue weighted by Gasteiger charge is -2.19. The second kappa shape index (κ2) is 7.68. The van der Waals surface area contributed by atoms with Gasteiger partial charge in [-0.05, 0) is 57.0 Å². The second-order valence-corrected chi connectivity index (χ2v) is 7.55. The first-order valence-electron chi connectivity index (χ1n) is 9.05. The number of nitrogens with zero attached hydrogens (tertiary/aromatic N) is 1. The number of hydrogen-bond donors (Lipinski definition) is 1. The summed E-state index contributed by atoms with van der Waals surface area (Å²) in [5.74, 6) is -0.146. The van der Waals surface area contributed by atoms with Gasteiger partial charge < -0.3 is 10.1 Å². The van der Waals surface area contributed by atoms with Gasteiger partial charge in [-0.25, -0.2) is 0 Å². The number of benzene rings is 2. The molecule has 3 rings (SSSR count). The Kier molecular flexibility index (Phi) is 5.47. The number of imide groups is 1. The van der Waals surface area contributed by atoms with Gasteiger partial charge >= 0.3 is 0 Å². The number of hydrogen-bond acceptors (Lipinski definition) is 4. The van der Waals surface area contributed by atoms with Gasteiger partial charge in [-0.15, -0.1) is 0 Å². The number of halogens is 1. The predicted octanol–water partition coefficient (Wildman–Crippen LogP) is 4.57. The molecule has 0 spiro atoms. The summed E-state index contributed by atoms with van der Waals surface area (Å²) >= 11 is 6.13. The first kappa shape index (κ1) is 20.0. The molecule has 1 heterocycles. The SMILES string of the molecule is COc1ccc(Cl)cc1NC1=C(c2ccc(C)cc2C)C(=O)N(C(C)C)C1=O. The molecule has 2 amide bonds. The van der Waals surface area contributed by atoms with E-state index in [2.05, 4.69) is 5.32 Å². The number of nitrogens with one attached hydrogen (secondary N) is 1. The van der Waals surface area contributed by atoms with Crippen molar-refractivity contribution in [3.05, 3.63) is 63.8 Å². The quantitative estimate of drug-likeness (QED) is 0.750. The Morgan fingerprint density at radius 1 is 1.04 bits per heavy atom. The van der Waals surface area contributed by atoms with Crippen LogP contribution >= 0.6 is 11.6 Å². The number of carbonyl (C=O) groups excluding carboxylic acids is 2. The summed E-state index contributed by atoms with van der Waals surface area (Å²) < 4.78 is 5.37. The molecule has 0 fully saturated rings. The highest BCUT2D eigenvalue weighted by molar-refractivity contribution is 6.37. The molecular formula is C22H23ClN2O3. The highest BCUT2D eigenvalue weighted by atomic mass is 35.5. The van der Waals surface area contributed by atoms with Crippen molar-refractivity contribution in [2.24, 2.45) is 0 Å². The number of carbonyl (C=O) groups is 2. The summed E-state index contributed by atoms with van der Waals surface area (Å²) in [6.45, 7) is 7.56. The zero-order chi connectivity index (χ0) is 20.6. The number of methoxy groups -OCH3 is 1. The molecule has 0 aliphatic carbocycles. The molecule has 146 valence electrons. The van der Waals surface area contributed by atoms with Crippen LogP contribution in [0.1, 0.15) is 30.5 Å². The van der Waals surface area contributed by atoms with E-state index in [-0.39, 0.29) is 23.6 Å².